The number of rotatable bonds is 1. The Morgan fingerprint density at radius 3 is 2.53 bits per heavy atom. The minimum atomic E-state index is -0.388. The van der Waals surface area contributed by atoms with Crippen LogP contribution in [0.15, 0.2) is 24.5 Å². The molecule has 76 valence electrons. The van der Waals surface area contributed by atoms with Gasteiger partial charge in [0.2, 0.25) is 0 Å². The molecular formula is C11H10N2O2. The molecule has 0 unspecified atom stereocenters. The summed E-state index contributed by atoms with van der Waals surface area (Å²) in [6.07, 6.45) is 3.17. The average Bonchev–Trinajstić information content (AvgIpc) is 2.29. The number of carbonyl (C=O) groups is 1. The number of carbonyl (C=O) groups excluding carboxylic acids is 1. The zero-order valence-electron chi connectivity index (χ0n) is 8.52. The van der Waals surface area contributed by atoms with Gasteiger partial charge in [0.15, 0.2) is 0 Å². The zero-order valence-corrected chi connectivity index (χ0v) is 8.52. The molecule has 0 aliphatic heterocycles. The van der Waals surface area contributed by atoms with Crippen molar-refractivity contribution in [3.05, 3.63) is 35.7 Å². The molecule has 1 aromatic heterocycles. The van der Waals surface area contributed by atoms with Gasteiger partial charge in [-0.2, -0.15) is 0 Å². The second kappa shape index (κ2) is 3.65. The quantitative estimate of drug-likeness (QED) is 0.661. The van der Waals surface area contributed by atoms with E-state index in [-0.39, 0.29) is 5.97 Å². The van der Waals surface area contributed by atoms with E-state index in [1.54, 1.807) is 18.5 Å². The molecule has 0 radical (unpaired) electrons. The molecule has 1 heterocycles. The maximum atomic E-state index is 11.4. The number of fused-ring (bicyclic) bond motifs is 1. The third kappa shape index (κ3) is 1.54. The van der Waals surface area contributed by atoms with Gasteiger partial charge in [-0.25, -0.2) is 4.79 Å². The van der Waals surface area contributed by atoms with Crippen LogP contribution in [0.4, 0.5) is 0 Å². The van der Waals surface area contributed by atoms with Crippen molar-refractivity contribution in [1.29, 1.82) is 0 Å². The van der Waals surface area contributed by atoms with Gasteiger partial charge in [-0.3, -0.25) is 9.97 Å². The number of benzene rings is 1. The molecule has 0 fully saturated rings. The van der Waals surface area contributed by atoms with Crippen LogP contribution in [-0.2, 0) is 4.74 Å². The fourth-order valence-corrected chi connectivity index (χ4v) is 1.46. The summed E-state index contributed by atoms with van der Waals surface area (Å²) >= 11 is 0. The van der Waals surface area contributed by atoms with Crippen molar-refractivity contribution in [2.75, 3.05) is 7.11 Å². The van der Waals surface area contributed by atoms with Crippen molar-refractivity contribution in [3.8, 4) is 0 Å². The van der Waals surface area contributed by atoms with E-state index in [9.17, 15) is 4.79 Å². The summed E-state index contributed by atoms with van der Waals surface area (Å²) in [6, 6.07) is 3.54. The second-order valence-corrected chi connectivity index (χ2v) is 3.18. The van der Waals surface area contributed by atoms with Gasteiger partial charge >= 0.3 is 5.97 Å². The van der Waals surface area contributed by atoms with Gasteiger partial charge in [0.1, 0.15) is 5.52 Å². The number of ether oxygens (including phenoxy) is 1. The Morgan fingerprint density at radius 1 is 1.20 bits per heavy atom. The lowest BCUT2D eigenvalue weighted by atomic mass is 10.1. The number of methoxy groups -OCH3 is 1. The molecular weight excluding hydrogens is 192 g/mol. The van der Waals surface area contributed by atoms with Crippen LogP contribution in [0.2, 0.25) is 0 Å². The van der Waals surface area contributed by atoms with Crippen LogP contribution in [0.3, 0.4) is 0 Å². The first kappa shape index (κ1) is 9.58. The fraction of sp³-hybridized carbons (Fsp3) is 0.182. The van der Waals surface area contributed by atoms with Gasteiger partial charge in [0.25, 0.3) is 0 Å². The summed E-state index contributed by atoms with van der Waals surface area (Å²) < 4.78 is 4.68. The van der Waals surface area contributed by atoms with Crippen LogP contribution in [-0.4, -0.2) is 23.0 Å². The van der Waals surface area contributed by atoms with Crippen molar-refractivity contribution in [2.45, 2.75) is 6.92 Å². The lowest BCUT2D eigenvalue weighted by Crippen LogP contribution is -2.04. The smallest absolute Gasteiger partial charge is 0.340 e. The minimum Gasteiger partial charge on any atom is -0.465 e. The number of aromatic nitrogens is 2. The molecule has 0 N–H and O–H groups in total. The maximum Gasteiger partial charge on any atom is 0.340 e. The number of hydrogen-bond acceptors (Lipinski definition) is 4. The molecule has 4 heteroatoms. The van der Waals surface area contributed by atoms with E-state index in [0.29, 0.717) is 11.1 Å². The van der Waals surface area contributed by atoms with Crippen LogP contribution < -0.4 is 0 Å². The summed E-state index contributed by atoms with van der Waals surface area (Å²) in [6.45, 7) is 1.93. The molecule has 0 aliphatic carbocycles. The minimum absolute atomic E-state index is 0.388. The lowest BCUT2D eigenvalue weighted by molar-refractivity contribution is 0.0603. The zero-order chi connectivity index (χ0) is 10.8. The first-order chi connectivity index (χ1) is 7.24. The van der Waals surface area contributed by atoms with Crippen molar-refractivity contribution < 1.29 is 9.53 Å². The van der Waals surface area contributed by atoms with E-state index in [1.807, 2.05) is 13.0 Å². The molecule has 0 atom stereocenters. The topological polar surface area (TPSA) is 52.1 Å². The van der Waals surface area contributed by atoms with Crippen molar-refractivity contribution >= 4 is 17.0 Å². The van der Waals surface area contributed by atoms with E-state index in [0.717, 1.165) is 11.1 Å². The summed E-state index contributed by atoms with van der Waals surface area (Å²) in [4.78, 5) is 19.8. The van der Waals surface area contributed by atoms with Gasteiger partial charge in [-0.15, -0.1) is 0 Å². The highest BCUT2D eigenvalue weighted by Gasteiger charge is 2.12. The van der Waals surface area contributed by atoms with Crippen LogP contribution in [0.25, 0.3) is 11.0 Å². The van der Waals surface area contributed by atoms with Gasteiger partial charge < -0.3 is 4.74 Å². The molecule has 2 rings (SSSR count). The van der Waals surface area contributed by atoms with Gasteiger partial charge in [0.05, 0.1) is 18.2 Å². The molecule has 0 aliphatic rings. The Morgan fingerprint density at radius 2 is 1.87 bits per heavy atom. The Bertz CT molecular complexity index is 523. The first-order valence-corrected chi connectivity index (χ1v) is 4.52. The number of nitrogens with zero attached hydrogens (tertiary/aromatic N) is 2. The maximum absolute atomic E-state index is 11.4. The Balaban J connectivity index is 2.77. The average molecular weight is 202 g/mol. The second-order valence-electron chi connectivity index (χ2n) is 3.18. The van der Waals surface area contributed by atoms with Crippen molar-refractivity contribution in [1.82, 2.24) is 9.97 Å². The van der Waals surface area contributed by atoms with E-state index in [4.69, 9.17) is 0 Å². The molecule has 2 aromatic rings. The molecule has 0 bridgehead atoms. The van der Waals surface area contributed by atoms with Crippen LogP contribution >= 0.6 is 0 Å². The third-order valence-electron chi connectivity index (χ3n) is 2.23. The molecule has 4 nitrogen and oxygen atoms in total. The Kier molecular flexibility index (Phi) is 2.33. The summed E-state index contributed by atoms with van der Waals surface area (Å²) in [7, 11) is 1.35. The van der Waals surface area contributed by atoms with Gasteiger partial charge in [0, 0.05) is 12.4 Å². The number of aryl methyl sites for hydroxylation is 1. The molecule has 0 saturated heterocycles. The summed E-state index contributed by atoms with van der Waals surface area (Å²) in [5.41, 5.74) is 2.77. The van der Waals surface area contributed by atoms with Crippen molar-refractivity contribution in [2.24, 2.45) is 0 Å². The predicted octanol–water partition coefficient (Wildman–Crippen LogP) is 1.72. The number of esters is 1. The van der Waals surface area contributed by atoms with E-state index >= 15 is 0 Å². The number of hydrogen-bond donors (Lipinski definition) is 0. The normalized spacial score (nSPS) is 10.3. The van der Waals surface area contributed by atoms with Crippen LogP contribution in [0, 0.1) is 6.92 Å². The molecule has 15 heavy (non-hydrogen) atoms. The van der Waals surface area contributed by atoms with Gasteiger partial charge in [-0.05, 0) is 18.6 Å². The predicted molar refractivity (Wildman–Crippen MR) is 55.6 cm³/mol. The standard InChI is InChI=1S/C11H10N2O2/c1-7-3-4-8(11(14)15-2)10-9(7)12-5-6-13-10/h3-6H,1-2H3. The largest absolute Gasteiger partial charge is 0.465 e. The third-order valence-corrected chi connectivity index (χ3v) is 2.23. The van der Waals surface area contributed by atoms with Crippen LogP contribution in [0.1, 0.15) is 15.9 Å². The van der Waals surface area contributed by atoms with E-state index in [1.165, 1.54) is 7.11 Å². The summed E-state index contributed by atoms with van der Waals surface area (Å²) in [5, 5.41) is 0. The molecule has 0 saturated carbocycles. The first-order valence-electron chi connectivity index (χ1n) is 4.52. The lowest BCUT2D eigenvalue weighted by Gasteiger charge is -2.04. The fourth-order valence-electron chi connectivity index (χ4n) is 1.46. The van der Waals surface area contributed by atoms with Crippen LogP contribution in [0.5, 0.6) is 0 Å². The Hall–Kier alpha value is -1.97. The van der Waals surface area contributed by atoms with E-state index < -0.39 is 0 Å². The van der Waals surface area contributed by atoms with Gasteiger partial charge in [-0.1, -0.05) is 6.07 Å². The highest BCUT2D eigenvalue weighted by atomic mass is 16.5. The summed E-state index contributed by atoms with van der Waals surface area (Å²) in [5.74, 6) is -0.388. The monoisotopic (exact) mass is 202 g/mol. The SMILES string of the molecule is COC(=O)c1ccc(C)c2nccnc12. The van der Waals surface area contributed by atoms with Crippen molar-refractivity contribution in [3.63, 3.8) is 0 Å². The van der Waals surface area contributed by atoms with E-state index in [2.05, 4.69) is 14.7 Å². The molecule has 0 amide bonds. The Labute approximate surface area is 86.9 Å². The molecule has 0 spiro atoms. The molecule has 1 aromatic carbocycles. The highest BCUT2D eigenvalue weighted by molar-refractivity contribution is 6.02. The highest BCUT2D eigenvalue weighted by Crippen LogP contribution is 2.18.